The van der Waals surface area contributed by atoms with E-state index in [4.69, 9.17) is 43.5 Å². The molecule has 2 N–H and O–H groups in total. The quantitative estimate of drug-likeness (QED) is 0.230. The normalized spacial score (nSPS) is 13.8. The first-order valence-corrected chi connectivity index (χ1v) is 17.3. The maximum absolute atomic E-state index is 14.1. The first-order valence-electron chi connectivity index (χ1n) is 16.6. The molecule has 1 aliphatic heterocycles. The third-order valence-corrected chi connectivity index (χ3v) is 8.59. The number of methoxy groups -OCH3 is 1. The van der Waals surface area contributed by atoms with Crippen LogP contribution in [0, 0.1) is 0 Å². The number of benzene rings is 2. The zero-order valence-electron chi connectivity index (χ0n) is 29.2. The van der Waals surface area contributed by atoms with Crippen molar-refractivity contribution in [2.45, 2.75) is 59.5 Å². The molecule has 0 radical (unpaired) electrons. The van der Waals surface area contributed by atoms with E-state index in [9.17, 15) is 14.4 Å². The molecule has 1 fully saturated rings. The molecule has 1 saturated heterocycles. The van der Waals surface area contributed by atoms with Crippen LogP contribution in [0.15, 0.2) is 48.8 Å². The van der Waals surface area contributed by atoms with E-state index in [-0.39, 0.29) is 11.5 Å². The fourth-order valence-electron chi connectivity index (χ4n) is 5.98. The van der Waals surface area contributed by atoms with Gasteiger partial charge in [-0.1, -0.05) is 43.5 Å². The summed E-state index contributed by atoms with van der Waals surface area (Å²) in [7, 11) is 1.59. The van der Waals surface area contributed by atoms with Gasteiger partial charge >= 0.3 is 6.09 Å². The van der Waals surface area contributed by atoms with Gasteiger partial charge in [0.15, 0.2) is 5.69 Å². The molecule has 0 saturated carbocycles. The molecule has 0 atom stereocenters. The molecule has 2 aromatic heterocycles. The summed E-state index contributed by atoms with van der Waals surface area (Å²) in [6, 6.07) is 10.7. The van der Waals surface area contributed by atoms with Gasteiger partial charge in [0.25, 0.3) is 5.91 Å². The molecule has 4 aromatic rings. The third-order valence-electron chi connectivity index (χ3n) is 8.16. The number of rotatable bonds is 5. The molecule has 13 heteroatoms. The lowest BCUT2D eigenvalue weighted by Gasteiger charge is -2.35. The summed E-state index contributed by atoms with van der Waals surface area (Å²) in [6.45, 7) is 11.1. The Hall–Kier alpha value is -4.61. The summed E-state index contributed by atoms with van der Waals surface area (Å²) in [5.41, 5.74) is 10.8. The topological polar surface area (TPSA) is 133 Å². The number of piperazine rings is 1. The van der Waals surface area contributed by atoms with Crippen LogP contribution in [0.5, 0.6) is 5.75 Å². The van der Waals surface area contributed by atoms with Gasteiger partial charge in [0.1, 0.15) is 11.4 Å². The summed E-state index contributed by atoms with van der Waals surface area (Å²) in [5.74, 6) is -0.219. The second kappa shape index (κ2) is 15.1. The number of amides is 3. The number of carbonyl (C=O) groups is 3. The molecule has 264 valence electrons. The van der Waals surface area contributed by atoms with E-state index in [1.807, 2.05) is 32.9 Å². The molecular weight excluding hydrogens is 679 g/mol. The number of nitrogens with zero attached hydrogens (tertiary/aromatic N) is 5. The van der Waals surface area contributed by atoms with Crippen LogP contribution < -0.4 is 10.5 Å². The number of fused-ring (bicyclic) bond motifs is 3. The van der Waals surface area contributed by atoms with Crippen molar-refractivity contribution in [1.82, 2.24) is 24.6 Å². The molecule has 6 rings (SSSR count). The van der Waals surface area contributed by atoms with Gasteiger partial charge in [0.05, 0.1) is 24.1 Å². The third kappa shape index (κ3) is 7.89. The molecule has 0 spiro atoms. The minimum atomic E-state index is -0.611. The highest BCUT2D eigenvalue weighted by Crippen LogP contribution is 2.43. The molecule has 2 aromatic carbocycles. The highest BCUT2D eigenvalue weighted by Gasteiger charge is 2.34. The zero-order valence-corrected chi connectivity index (χ0v) is 30.7. The molecule has 1 aliphatic carbocycles. The number of hydrogen-bond acceptors (Lipinski definition) is 7. The lowest BCUT2D eigenvalue weighted by molar-refractivity contribution is 0.0140. The van der Waals surface area contributed by atoms with E-state index in [2.05, 4.69) is 18.8 Å². The van der Waals surface area contributed by atoms with Crippen LogP contribution in [0.1, 0.15) is 73.0 Å². The lowest BCUT2D eigenvalue weighted by Crippen LogP contribution is -2.51. The Morgan fingerprint density at radius 2 is 1.52 bits per heavy atom. The van der Waals surface area contributed by atoms with Crippen molar-refractivity contribution in [3.63, 3.8) is 0 Å². The summed E-state index contributed by atoms with van der Waals surface area (Å²) < 4.78 is 13.0. The number of ether oxygens (including phenoxy) is 2. The van der Waals surface area contributed by atoms with Crippen molar-refractivity contribution < 1.29 is 23.9 Å². The molecule has 50 heavy (non-hydrogen) atoms. The average Bonchev–Trinajstić information content (AvgIpc) is 3.47. The Morgan fingerprint density at radius 1 is 0.880 bits per heavy atom. The molecule has 0 unspecified atom stereocenters. The van der Waals surface area contributed by atoms with Crippen LogP contribution in [-0.4, -0.2) is 81.4 Å². The Bertz CT molecular complexity index is 1910. The Labute approximate surface area is 302 Å². The smallest absolute Gasteiger partial charge is 0.410 e. The van der Waals surface area contributed by atoms with Gasteiger partial charge in [-0.25, -0.2) is 9.48 Å². The van der Waals surface area contributed by atoms with E-state index in [0.29, 0.717) is 77.3 Å². The van der Waals surface area contributed by atoms with Crippen molar-refractivity contribution in [2.75, 3.05) is 33.3 Å². The zero-order chi connectivity index (χ0) is 36.3. The number of aromatic nitrogens is 3. The largest absolute Gasteiger partial charge is 0.496 e. The standard InChI is InChI=1S/C34H34Cl2N6O5.C3H8/c1-34(2,3)47-33(45)41-9-7-40(8-10-41)32(44)29-25-6-5-19-12-28(46-4)26(20-11-21(31(37)43)18-38-17-20)16-27(19)30(25)42(39-29)24-14-22(35)13-23(36)15-24;1-3-2/h11-18H,5-10H2,1-4H3,(H2,37,43);3H2,1-2H3. The van der Waals surface area contributed by atoms with E-state index >= 15 is 0 Å². The lowest BCUT2D eigenvalue weighted by atomic mass is 9.86. The van der Waals surface area contributed by atoms with E-state index < -0.39 is 17.6 Å². The molecule has 11 nitrogen and oxygen atoms in total. The van der Waals surface area contributed by atoms with Gasteiger partial charge in [-0.2, -0.15) is 5.10 Å². The Kier molecular flexibility index (Phi) is 11.1. The van der Waals surface area contributed by atoms with Crippen LogP contribution in [-0.2, 0) is 17.6 Å². The predicted octanol–water partition coefficient (Wildman–Crippen LogP) is 7.22. The second-order valence-corrected chi connectivity index (χ2v) is 14.1. The SMILES string of the molecule is CCC.COc1cc2c(cc1-c1cncc(C(N)=O)c1)-c1c(c(C(=O)N3CCN(C(=O)OC(C)(C)C)CC3)nn1-c1cc(Cl)cc(Cl)c1)CC2. The van der Waals surface area contributed by atoms with Gasteiger partial charge in [0, 0.05) is 70.9 Å². The van der Waals surface area contributed by atoms with Crippen LogP contribution in [0.3, 0.4) is 0 Å². The predicted molar refractivity (Wildman–Crippen MR) is 194 cm³/mol. The van der Waals surface area contributed by atoms with Gasteiger partial charge in [0.2, 0.25) is 5.91 Å². The molecule has 0 bridgehead atoms. The molecule has 3 amide bonds. The highest BCUT2D eigenvalue weighted by atomic mass is 35.5. The van der Waals surface area contributed by atoms with Gasteiger partial charge < -0.3 is 25.0 Å². The monoisotopic (exact) mass is 720 g/mol. The molecule has 3 heterocycles. The minimum Gasteiger partial charge on any atom is -0.496 e. The number of aryl methyl sites for hydroxylation is 1. The second-order valence-electron chi connectivity index (χ2n) is 13.2. The van der Waals surface area contributed by atoms with Gasteiger partial charge in [-0.15, -0.1) is 0 Å². The van der Waals surface area contributed by atoms with Crippen LogP contribution in [0.25, 0.3) is 28.1 Å². The number of halogens is 2. The summed E-state index contributed by atoms with van der Waals surface area (Å²) in [4.78, 5) is 46.3. The van der Waals surface area contributed by atoms with Crippen LogP contribution >= 0.6 is 23.2 Å². The number of primary amides is 1. The highest BCUT2D eigenvalue weighted by molar-refractivity contribution is 6.34. The number of pyridine rings is 1. The fourth-order valence-corrected chi connectivity index (χ4v) is 6.49. The number of nitrogens with two attached hydrogens (primary N) is 1. The number of carbonyl (C=O) groups excluding carboxylic acids is 3. The van der Waals surface area contributed by atoms with Gasteiger partial charge in [-0.05, 0) is 75.6 Å². The molecular formula is C37H42Cl2N6O5. The van der Waals surface area contributed by atoms with Gasteiger partial charge in [-0.3, -0.25) is 14.6 Å². The van der Waals surface area contributed by atoms with Crippen molar-refractivity contribution in [1.29, 1.82) is 0 Å². The van der Waals surface area contributed by atoms with Crippen molar-refractivity contribution in [3.8, 4) is 33.8 Å². The first kappa shape index (κ1) is 36.7. The van der Waals surface area contributed by atoms with Crippen molar-refractivity contribution in [3.05, 3.63) is 81.2 Å². The van der Waals surface area contributed by atoms with E-state index in [1.165, 1.54) is 12.6 Å². The van der Waals surface area contributed by atoms with Crippen molar-refractivity contribution in [2.24, 2.45) is 5.73 Å². The fraction of sp³-hybridized carbons (Fsp3) is 0.378. The Morgan fingerprint density at radius 3 is 2.12 bits per heavy atom. The molecule has 2 aliphatic rings. The Balaban J connectivity index is 0.00000156. The summed E-state index contributed by atoms with van der Waals surface area (Å²) in [6.07, 6.45) is 5.09. The summed E-state index contributed by atoms with van der Waals surface area (Å²) in [5, 5.41) is 5.74. The van der Waals surface area contributed by atoms with Crippen molar-refractivity contribution >= 4 is 41.1 Å². The maximum Gasteiger partial charge on any atom is 0.410 e. The summed E-state index contributed by atoms with van der Waals surface area (Å²) >= 11 is 12.9. The average molecular weight is 722 g/mol. The first-order chi connectivity index (χ1) is 23.7. The van der Waals surface area contributed by atoms with E-state index in [1.54, 1.807) is 52.1 Å². The van der Waals surface area contributed by atoms with Crippen LogP contribution in [0.2, 0.25) is 10.0 Å². The van der Waals surface area contributed by atoms with Crippen LogP contribution in [0.4, 0.5) is 4.79 Å². The number of hydrogen-bond donors (Lipinski definition) is 1. The van der Waals surface area contributed by atoms with E-state index in [0.717, 1.165) is 22.4 Å². The maximum atomic E-state index is 14.1. The minimum absolute atomic E-state index is 0.229.